The summed E-state index contributed by atoms with van der Waals surface area (Å²) in [6.45, 7) is 2.19. The number of benzene rings is 1. The van der Waals surface area contributed by atoms with Crippen LogP contribution in [0.5, 0.6) is 0 Å². The Morgan fingerprint density at radius 3 is 2.69 bits per heavy atom. The summed E-state index contributed by atoms with van der Waals surface area (Å²) in [5.41, 5.74) is 1.03. The first kappa shape index (κ1) is 13.7. The third-order valence-electron chi connectivity index (χ3n) is 2.79. The van der Waals surface area contributed by atoms with Gasteiger partial charge < -0.3 is 5.32 Å². The highest BCUT2D eigenvalue weighted by Crippen LogP contribution is 2.23. The van der Waals surface area contributed by atoms with E-state index in [1.807, 2.05) is 13.1 Å². The summed E-state index contributed by atoms with van der Waals surface area (Å²) < 4.78 is 13.9. The van der Waals surface area contributed by atoms with Gasteiger partial charge in [0.05, 0.1) is 4.47 Å². The van der Waals surface area contributed by atoms with Crippen LogP contribution in [0, 0.1) is 5.82 Å². The lowest BCUT2D eigenvalue weighted by atomic mass is 10.0. The van der Waals surface area contributed by atoms with Crippen LogP contribution in [0.2, 0.25) is 0 Å². The number of hydrogen-bond acceptors (Lipinski definition) is 1. The van der Waals surface area contributed by atoms with E-state index < -0.39 is 0 Å². The van der Waals surface area contributed by atoms with E-state index in [9.17, 15) is 4.39 Å². The van der Waals surface area contributed by atoms with Gasteiger partial charge in [-0.2, -0.15) is 0 Å². The zero-order valence-electron chi connectivity index (χ0n) is 9.89. The molecule has 3 heteroatoms. The maximum Gasteiger partial charge on any atom is 0.137 e. The van der Waals surface area contributed by atoms with E-state index in [4.69, 9.17) is 0 Å². The van der Waals surface area contributed by atoms with Crippen molar-refractivity contribution in [3.8, 4) is 0 Å². The molecule has 0 aliphatic heterocycles. The normalized spacial score (nSPS) is 12.8. The number of unbranched alkanes of at least 4 members (excludes halogenated alkanes) is 2. The van der Waals surface area contributed by atoms with Crippen molar-refractivity contribution in [3.63, 3.8) is 0 Å². The Hall–Kier alpha value is -0.410. The van der Waals surface area contributed by atoms with Crippen LogP contribution in [0.25, 0.3) is 0 Å². The molecule has 1 unspecified atom stereocenters. The van der Waals surface area contributed by atoms with Gasteiger partial charge in [0.2, 0.25) is 0 Å². The maximum absolute atomic E-state index is 13.4. The SMILES string of the molecule is CCCCCC(NC)c1ccc(Br)c(F)c1. The first-order chi connectivity index (χ1) is 7.69. The van der Waals surface area contributed by atoms with Crippen molar-refractivity contribution in [2.45, 2.75) is 38.6 Å². The quantitative estimate of drug-likeness (QED) is 0.764. The predicted octanol–water partition coefficient (Wildman–Crippen LogP) is 4.43. The highest BCUT2D eigenvalue weighted by atomic mass is 79.9. The van der Waals surface area contributed by atoms with Crippen LogP contribution in [-0.2, 0) is 0 Å². The Labute approximate surface area is 106 Å². The van der Waals surface area contributed by atoms with Gasteiger partial charge in [-0.1, -0.05) is 32.3 Å². The molecule has 1 N–H and O–H groups in total. The van der Waals surface area contributed by atoms with Crippen molar-refractivity contribution in [1.29, 1.82) is 0 Å². The van der Waals surface area contributed by atoms with E-state index in [0.29, 0.717) is 4.47 Å². The summed E-state index contributed by atoms with van der Waals surface area (Å²) in [6.07, 6.45) is 4.69. The summed E-state index contributed by atoms with van der Waals surface area (Å²) in [6, 6.07) is 5.61. The van der Waals surface area contributed by atoms with Gasteiger partial charge in [0.15, 0.2) is 0 Å². The Morgan fingerprint density at radius 1 is 1.38 bits per heavy atom. The molecule has 0 aromatic heterocycles. The van der Waals surface area contributed by atoms with E-state index in [2.05, 4.69) is 28.2 Å². The molecule has 90 valence electrons. The fourth-order valence-electron chi connectivity index (χ4n) is 1.81. The van der Waals surface area contributed by atoms with Crippen LogP contribution < -0.4 is 5.32 Å². The Morgan fingerprint density at radius 2 is 2.12 bits per heavy atom. The third-order valence-corrected chi connectivity index (χ3v) is 3.43. The van der Waals surface area contributed by atoms with Crippen LogP contribution in [0.15, 0.2) is 22.7 Å². The summed E-state index contributed by atoms with van der Waals surface area (Å²) in [5.74, 6) is -0.187. The first-order valence-electron chi connectivity index (χ1n) is 5.81. The second-order valence-electron chi connectivity index (χ2n) is 4.01. The predicted molar refractivity (Wildman–Crippen MR) is 70.0 cm³/mol. The van der Waals surface area contributed by atoms with Crippen molar-refractivity contribution in [1.82, 2.24) is 5.32 Å². The van der Waals surface area contributed by atoms with E-state index in [1.165, 1.54) is 19.3 Å². The minimum atomic E-state index is -0.187. The zero-order chi connectivity index (χ0) is 12.0. The van der Waals surface area contributed by atoms with Crippen molar-refractivity contribution < 1.29 is 4.39 Å². The van der Waals surface area contributed by atoms with Crippen LogP contribution in [-0.4, -0.2) is 7.05 Å². The van der Waals surface area contributed by atoms with Crippen molar-refractivity contribution in [3.05, 3.63) is 34.1 Å². The molecule has 0 saturated heterocycles. The lowest BCUT2D eigenvalue weighted by molar-refractivity contribution is 0.507. The van der Waals surface area contributed by atoms with E-state index >= 15 is 0 Å². The summed E-state index contributed by atoms with van der Waals surface area (Å²) in [7, 11) is 1.93. The molecule has 0 fully saturated rings. The van der Waals surface area contributed by atoms with Crippen molar-refractivity contribution in [2.24, 2.45) is 0 Å². The molecule has 1 aromatic carbocycles. The van der Waals surface area contributed by atoms with E-state index in [0.717, 1.165) is 12.0 Å². The lowest BCUT2D eigenvalue weighted by Crippen LogP contribution is -2.16. The van der Waals surface area contributed by atoms with Gasteiger partial charge in [0, 0.05) is 6.04 Å². The molecule has 1 aromatic rings. The average Bonchev–Trinajstić information content (AvgIpc) is 2.29. The van der Waals surface area contributed by atoms with E-state index in [-0.39, 0.29) is 11.9 Å². The molecule has 0 amide bonds. The topological polar surface area (TPSA) is 12.0 Å². The highest BCUT2D eigenvalue weighted by molar-refractivity contribution is 9.10. The monoisotopic (exact) mass is 287 g/mol. The second kappa shape index (κ2) is 7.02. The molecule has 0 spiro atoms. The summed E-state index contributed by atoms with van der Waals surface area (Å²) >= 11 is 3.17. The number of hydrogen-bond donors (Lipinski definition) is 1. The summed E-state index contributed by atoms with van der Waals surface area (Å²) in [5, 5.41) is 3.24. The van der Waals surface area contributed by atoms with Gasteiger partial charge in [0.25, 0.3) is 0 Å². The minimum absolute atomic E-state index is 0.187. The molecule has 0 aliphatic rings. The molecule has 0 radical (unpaired) electrons. The zero-order valence-corrected chi connectivity index (χ0v) is 11.5. The van der Waals surface area contributed by atoms with Crippen LogP contribution >= 0.6 is 15.9 Å². The van der Waals surface area contributed by atoms with Crippen LogP contribution in [0.4, 0.5) is 4.39 Å². The lowest BCUT2D eigenvalue weighted by Gasteiger charge is -2.16. The Balaban J connectivity index is 2.67. The number of rotatable bonds is 6. The Bertz CT molecular complexity index is 328. The maximum atomic E-state index is 13.4. The van der Waals surface area contributed by atoms with E-state index in [1.54, 1.807) is 12.1 Å². The fourth-order valence-corrected chi connectivity index (χ4v) is 2.05. The third kappa shape index (κ3) is 3.87. The molecule has 0 saturated carbocycles. The van der Waals surface area contributed by atoms with Crippen molar-refractivity contribution >= 4 is 15.9 Å². The molecule has 16 heavy (non-hydrogen) atoms. The number of halogens is 2. The molecule has 0 aliphatic carbocycles. The molecular weight excluding hydrogens is 269 g/mol. The summed E-state index contributed by atoms with van der Waals surface area (Å²) in [4.78, 5) is 0. The second-order valence-corrected chi connectivity index (χ2v) is 4.86. The van der Waals surface area contributed by atoms with Gasteiger partial charge in [0.1, 0.15) is 5.82 Å². The molecular formula is C13H19BrFN. The smallest absolute Gasteiger partial charge is 0.137 e. The Kier molecular flexibility index (Phi) is 5.99. The van der Waals surface area contributed by atoms with Crippen LogP contribution in [0.1, 0.15) is 44.2 Å². The molecule has 1 atom stereocenters. The molecule has 0 heterocycles. The van der Waals surface area contributed by atoms with Gasteiger partial charge in [-0.15, -0.1) is 0 Å². The average molecular weight is 288 g/mol. The largest absolute Gasteiger partial charge is 0.313 e. The fraction of sp³-hybridized carbons (Fsp3) is 0.538. The van der Waals surface area contributed by atoms with Crippen LogP contribution in [0.3, 0.4) is 0 Å². The number of nitrogens with one attached hydrogen (secondary N) is 1. The van der Waals surface area contributed by atoms with Gasteiger partial charge in [-0.3, -0.25) is 0 Å². The molecule has 1 rings (SSSR count). The van der Waals surface area contributed by atoms with Gasteiger partial charge in [-0.05, 0) is 47.1 Å². The van der Waals surface area contributed by atoms with Gasteiger partial charge in [-0.25, -0.2) is 4.39 Å². The molecule has 1 nitrogen and oxygen atoms in total. The first-order valence-corrected chi connectivity index (χ1v) is 6.60. The standard InChI is InChI=1S/C13H19BrFN/c1-3-4-5-6-13(16-2)10-7-8-11(14)12(15)9-10/h7-9,13,16H,3-6H2,1-2H3. The van der Waals surface area contributed by atoms with Gasteiger partial charge >= 0.3 is 0 Å². The minimum Gasteiger partial charge on any atom is -0.313 e. The molecule has 0 bridgehead atoms. The highest BCUT2D eigenvalue weighted by Gasteiger charge is 2.10. The van der Waals surface area contributed by atoms with Crippen molar-refractivity contribution in [2.75, 3.05) is 7.05 Å².